The number of pyridine rings is 1. The van der Waals surface area contributed by atoms with E-state index >= 15 is 0 Å². The second-order valence-electron chi connectivity index (χ2n) is 6.71. The fourth-order valence-corrected chi connectivity index (χ4v) is 3.46. The number of benzene rings is 1. The average Bonchev–Trinajstić information content (AvgIpc) is 3.00. The van der Waals surface area contributed by atoms with E-state index in [1.54, 1.807) is 36.0 Å². The fourth-order valence-electron chi connectivity index (χ4n) is 3.46. The van der Waals surface area contributed by atoms with Gasteiger partial charge in [-0.25, -0.2) is 4.68 Å². The Kier molecular flexibility index (Phi) is 4.41. The monoisotopic (exact) mass is 386 g/mol. The van der Waals surface area contributed by atoms with Gasteiger partial charge in [-0.05, 0) is 30.7 Å². The van der Waals surface area contributed by atoms with Crippen LogP contribution in [0.2, 0.25) is 0 Å². The van der Waals surface area contributed by atoms with Crippen LogP contribution in [0.4, 0.5) is 13.2 Å². The smallest absolute Gasteiger partial charge is 0.352 e. The minimum atomic E-state index is -4.38. The number of hydrogen-bond acceptors (Lipinski definition) is 3. The lowest BCUT2D eigenvalue weighted by Crippen LogP contribution is -2.32. The Morgan fingerprint density at radius 2 is 2.04 bits per heavy atom. The topological polar surface area (TPSA) is 59.8 Å². The van der Waals surface area contributed by atoms with Gasteiger partial charge in [0.05, 0.1) is 28.2 Å². The first-order valence-corrected chi connectivity index (χ1v) is 8.81. The quantitative estimate of drug-likeness (QED) is 0.750. The lowest BCUT2D eigenvalue weighted by Gasteiger charge is -2.15. The number of aromatic nitrogens is 3. The molecule has 0 saturated heterocycles. The Bertz CT molecular complexity index is 1060. The number of fused-ring (bicyclic) bond motifs is 1. The van der Waals surface area contributed by atoms with E-state index in [0.29, 0.717) is 35.5 Å². The van der Waals surface area contributed by atoms with Crippen molar-refractivity contribution in [2.45, 2.75) is 25.9 Å². The van der Waals surface area contributed by atoms with E-state index in [1.807, 2.05) is 0 Å². The van der Waals surface area contributed by atoms with Gasteiger partial charge >= 0.3 is 6.18 Å². The summed E-state index contributed by atoms with van der Waals surface area (Å²) >= 11 is 0. The molecule has 0 bridgehead atoms. The number of hydrogen-bond donors (Lipinski definition) is 1. The average molecular weight is 386 g/mol. The van der Waals surface area contributed by atoms with Gasteiger partial charge in [-0.15, -0.1) is 0 Å². The molecule has 2 aromatic heterocycles. The molecule has 0 atom stereocenters. The minimum Gasteiger partial charge on any atom is -0.352 e. The Balaban J connectivity index is 1.67. The van der Waals surface area contributed by atoms with Crippen molar-refractivity contribution in [3.63, 3.8) is 0 Å². The molecule has 28 heavy (non-hydrogen) atoms. The number of rotatable bonds is 3. The maximum absolute atomic E-state index is 12.9. The highest BCUT2D eigenvalue weighted by molar-refractivity contribution is 5.97. The Labute approximate surface area is 159 Å². The van der Waals surface area contributed by atoms with Crippen LogP contribution in [0.15, 0.2) is 42.6 Å². The third kappa shape index (κ3) is 3.37. The van der Waals surface area contributed by atoms with Crippen LogP contribution in [0.1, 0.15) is 38.6 Å². The number of carbonyl (C=O) groups is 1. The molecule has 4 rings (SSSR count). The van der Waals surface area contributed by atoms with Crippen LogP contribution in [-0.2, 0) is 19.0 Å². The molecule has 1 aliphatic heterocycles. The van der Waals surface area contributed by atoms with Crippen molar-refractivity contribution in [2.24, 2.45) is 0 Å². The highest BCUT2D eigenvalue weighted by atomic mass is 19.4. The van der Waals surface area contributed by atoms with E-state index in [4.69, 9.17) is 0 Å². The van der Waals surface area contributed by atoms with Gasteiger partial charge in [0.1, 0.15) is 0 Å². The normalized spacial score (nSPS) is 13.9. The molecule has 5 nitrogen and oxygen atoms in total. The number of carbonyl (C=O) groups excluding carboxylic acids is 1. The van der Waals surface area contributed by atoms with Gasteiger partial charge in [0.25, 0.3) is 5.91 Å². The molecule has 0 spiro atoms. The second kappa shape index (κ2) is 6.78. The summed E-state index contributed by atoms with van der Waals surface area (Å²) in [6.45, 7) is 2.32. The summed E-state index contributed by atoms with van der Waals surface area (Å²) in [7, 11) is 0. The molecule has 0 saturated carbocycles. The van der Waals surface area contributed by atoms with Crippen LogP contribution in [-0.4, -0.2) is 27.2 Å². The number of halogens is 3. The first-order valence-electron chi connectivity index (χ1n) is 8.81. The maximum Gasteiger partial charge on any atom is 0.416 e. The van der Waals surface area contributed by atoms with E-state index < -0.39 is 11.7 Å². The van der Waals surface area contributed by atoms with Crippen molar-refractivity contribution in [1.82, 2.24) is 20.1 Å². The predicted molar refractivity (Wildman–Crippen MR) is 96.4 cm³/mol. The molecule has 3 aromatic rings. The van der Waals surface area contributed by atoms with Gasteiger partial charge in [0.15, 0.2) is 0 Å². The lowest BCUT2D eigenvalue weighted by atomic mass is 10.0. The summed E-state index contributed by atoms with van der Waals surface area (Å²) in [6.07, 6.45) is -1.85. The maximum atomic E-state index is 12.9. The SMILES string of the molecule is Cc1nn(-c2ccnc(Cc3cccc(C(F)(F)F)c3)c2)c2c1C(=O)NCC2. The largest absolute Gasteiger partial charge is 0.416 e. The molecule has 8 heteroatoms. The molecular weight excluding hydrogens is 369 g/mol. The molecule has 144 valence electrons. The molecule has 0 unspecified atom stereocenters. The summed E-state index contributed by atoms with van der Waals surface area (Å²) < 4.78 is 40.5. The van der Waals surface area contributed by atoms with E-state index in [-0.39, 0.29) is 12.3 Å². The minimum absolute atomic E-state index is 0.136. The van der Waals surface area contributed by atoms with Crippen molar-refractivity contribution in [3.05, 3.63) is 76.4 Å². The van der Waals surface area contributed by atoms with Gasteiger partial charge in [-0.1, -0.05) is 18.2 Å². The van der Waals surface area contributed by atoms with Gasteiger partial charge < -0.3 is 5.32 Å². The molecule has 3 heterocycles. The van der Waals surface area contributed by atoms with Gasteiger partial charge in [0, 0.05) is 31.3 Å². The van der Waals surface area contributed by atoms with Crippen molar-refractivity contribution >= 4 is 5.91 Å². The van der Waals surface area contributed by atoms with Crippen LogP contribution >= 0.6 is 0 Å². The third-order valence-corrected chi connectivity index (χ3v) is 4.71. The molecule has 0 radical (unpaired) electrons. The molecule has 0 fully saturated rings. The van der Waals surface area contributed by atoms with Gasteiger partial charge in [-0.3, -0.25) is 9.78 Å². The van der Waals surface area contributed by atoms with E-state index in [9.17, 15) is 18.0 Å². The first-order chi connectivity index (χ1) is 13.3. The highest BCUT2D eigenvalue weighted by Gasteiger charge is 2.30. The zero-order valence-electron chi connectivity index (χ0n) is 15.0. The predicted octanol–water partition coefficient (Wildman–Crippen LogP) is 3.47. The zero-order chi connectivity index (χ0) is 19.9. The number of nitrogens with zero attached hydrogens (tertiary/aromatic N) is 3. The molecule has 1 aliphatic rings. The Morgan fingerprint density at radius 3 is 2.82 bits per heavy atom. The van der Waals surface area contributed by atoms with E-state index in [0.717, 1.165) is 23.5 Å². The van der Waals surface area contributed by atoms with Crippen LogP contribution in [0.25, 0.3) is 5.69 Å². The third-order valence-electron chi connectivity index (χ3n) is 4.71. The van der Waals surface area contributed by atoms with Crippen LogP contribution in [0.3, 0.4) is 0 Å². The Morgan fingerprint density at radius 1 is 1.21 bits per heavy atom. The van der Waals surface area contributed by atoms with Crippen LogP contribution in [0.5, 0.6) is 0 Å². The Hall–Kier alpha value is -3.16. The molecule has 1 amide bonds. The van der Waals surface area contributed by atoms with Crippen molar-refractivity contribution in [1.29, 1.82) is 0 Å². The number of nitrogens with one attached hydrogen (secondary N) is 1. The zero-order valence-corrected chi connectivity index (χ0v) is 15.0. The lowest BCUT2D eigenvalue weighted by molar-refractivity contribution is -0.137. The van der Waals surface area contributed by atoms with Crippen LogP contribution < -0.4 is 5.32 Å². The molecule has 1 N–H and O–H groups in total. The molecule has 1 aromatic carbocycles. The number of aryl methyl sites for hydroxylation is 1. The summed E-state index contributed by atoms with van der Waals surface area (Å²) in [5.74, 6) is -0.136. The summed E-state index contributed by atoms with van der Waals surface area (Å²) in [5.41, 5.74) is 3.26. The van der Waals surface area contributed by atoms with E-state index in [1.165, 1.54) is 6.07 Å². The first kappa shape index (κ1) is 18.2. The summed E-state index contributed by atoms with van der Waals surface area (Å²) in [6, 6.07) is 8.80. The standard InChI is InChI=1S/C20H17F3N4O/c1-12-18-17(6-8-25-19(18)28)27(26-12)16-5-7-24-15(11-16)10-13-3-2-4-14(9-13)20(21,22)23/h2-5,7,9,11H,6,8,10H2,1H3,(H,25,28). The molecular formula is C20H17F3N4O. The summed E-state index contributed by atoms with van der Waals surface area (Å²) in [4.78, 5) is 16.4. The van der Waals surface area contributed by atoms with Gasteiger partial charge in [-0.2, -0.15) is 18.3 Å². The fraction of sp³-hybridized carbons (Fsp3) is 0.250. The highest BCUT2D eigenvalue weighted by Crippen LogP contribution is 2.30. The number of alkyl halides is 3. The summed E-state index contributed by atoms with van der Waals surface area (Å²) in [5, 5.41) is 7.30. The van der Waals surface area contributed by atoms with E-state index in [2.05, 4.69) is 15.4 Å². The van der Waals surface area contributed by atoms with Crippen LogP contribution in [0, 0.1) is 6.92 Å². The van der Waals surface area contributed by atoms with Crippen molar-refractivity contribution in [2.75, 3.05) is 6.54 Å². The molecule has 0 aliphatic carbocycles. The van der Waals surface area contributed by atoms with Crippen molar-refractivity contribution in [3.8, 4) is 5.69 Å². The van der Waals surface area contributed by atoms with Gasteiger partial charge in [0.2, 0.25) is 0 Å². The van der Waals surface area contributed by atoms with Crippen molar-refractivity contribution < 1.29 is 18.0 Å². The number of amides is 1. The second-order valence-corrected chi connectivity index (χ2v) is 6.71.